The number of esters is 1. The molecule has 0 radical (unpaired) electrons. The maximum Gasteiger partial charge on any atom is 0.326 e. The molecule has 4 heteroatoms. The Morgan fingerprint density at radius 3 is 2.95 bits per heavy atom. The van der Waals surface area contributed by atoms with Gasteiger partial charge in [0.15, 0.2) is 0 Å². The average molecular weight is 288 g/mol. The predicted octanol–water partition coefficient (Wildman–Crippen LogP) is 1.80. The van der Waals surface area contributed by atoms with Gasteiger partial charge >= 0.3 is 5.97 Å². The Morgan fingerprint density at radius 1 is 1.38 bits per heavy atom. The minimum atomic E-state index is -0.501. The van der Waals surface area contributed by atoms with E-state index in [1.807, 2.05) is 25.1 Å². The highest BCUT2D eigenvalue weighted by molar-refractivity contribution is 5.81. The highest BCUT2D eigenvalue weighted by atomic mass is 16.5. The molecule has 3 rings (SSSR count). The molecule has 3 atom stereocenters. The van der Waals surface area contributed by atoms with E-state index in [-0.39, 0.29) is 5.97 Å². The molecule has 1 aromatic carbocycles. The van der Waals surface area contributed by atoms with Gasteiger partial charge in [-0.3, -0.25) is 10.1 Å². The number of piperidine rings is 1. The molecule has 2 heterocycles. The zero-order valence-electron chi connectivity index (χ0n) is 12.7. The number of nitrogens with zero attached hydrogens (tertiary/aromatic N) is 1. The Bertz CT molecular complexity index is 491. The van der Waals surface area contributed by atoms with Crippen LogP contribution in [0.1, 0.15) is 25.3 Å². The van der Waals surface area contributed by atoms with E-state index in [4.69, 9.17) is 4.74 Å². The molecule has 0 amide bonds. The summed E-state index contributed by atoms with van der Waals surface area (Å²) in [6.45, 7) is 6.16. The van der Waals surface area contributed by atoms with Crippen LogP contribution in [0.15, 0.2) is 30.3 Å². The number of hydrogen-bond acceptors (Lipinski definition) is 4. The molecule has 2 aliphatic rings. The van der Waals surface area contributed by atoms with Crippen LogP contribution in [-0.4, -0.2) is 42.6 Å². The summed E-state index contributed by atoms with van der Waals surface area (Å²) in [5, 5.41) is 3.56. The third-order valence-corrected chi connectivity index (χ3v) is 4.88. The quantitative estimate of drug-likeness (QED) is 0.839. The standard InChI is InChI=1S/C17H24N2O2/c1-2-21-16(20)17(9-11-19-10-8-15(17)13-19)18-12-14-6-4-3-5-7-14/h3-7,15,18H,2,8-13H2,1H3. The maximum atomic E-state index is 12.6. The van der Waals surface area contributed by atoms with Crippen LogP contribution < -0.4 is 5.32 Å². The van der Waals surface area contributed by atoms with Gasteiger partial charge in [0.25, 0.3) is 0 Å². The van der Waals surface area contributed by atoms with Crippen LogP contribution in [0.3, 0.4) is 0 Å². The Labute approximate surface area is 126 Å². The van der Waals surface area contributed by atoms with Crippen molar-refractivity contribution in [3.8, 4) is 0 Å². The fourth-order valence-corrected chi connectivity index (χ4v) is 3.67. The molecule has 1 aromatic rings. The molecule has 2 aliphatic heterocycles. The van der Waals surface area contributed by atoms with Gasteiger partial charge in [0.05, 0.1) is 6.61 Å². The van der Waals surface area contributed by atoms with Gasteiger partial charge in [-0.25, -0.2) is 0 Å². The fourth-order valence-electron chi connectivity index (χ4n) is 3.67. The SMILES string of the molecule is CCOC(=O)C1(NCc2ccccc2)CCN2CCC1C2. The van der Waals surface area contributed by atoms with Crippen LogP contribution in [0.5, 0.6) is 0 Å². The van der Waals surface area contributed by atoms with Crippen molar-refractivity contribution in [1.29, 1.82) is 0 Å². The highest BCUT2D eigenvalue weighted by Crippen LogP contribution is 2.37. The van der Waals surface area contributed by atoms with Crippen molar-refractivity contribution in [3.05, 3.63) is 35.9 Å². The van der Waals surface area contributed by atoms with E-state index >= 15 is 0 Å². The van der Waals surface area contributed by atoms with Crippen molar-refractivity contribution >= 4 is 5.97 Å². The molecule has 114 valence electrons. The molecule has 0 spiro atoms. The highest BCUT2D eigenvalue weighted by Gasteiger charge is 2.51. The summed E-state index contributed by atoms with van der Waals surface area (Å²) < 4.78 is 5.40. The van der Waals surface area contributed by atoms with E-state index < -0.39 is 5.54 Å². The number of hydrogen-bond donors (Lipinski definition) is 1. The van der Waals surface area contributed by atoms with Crippen LogP contribution in [-0.2, 0) is 16.1 Å². The summed E-state index contributed by atoms with van der Waals surface area (Å²) >= 11 is 0. The molecule has 4 nitrogen and oxygen atoms in total. The van der Waals surface area contributed by atoms with Crippen LogP contribution in [0, 0.1) is 5.92 Å². The summed E-state index contributed by atoms with van der Waals surface area (Å²) in [4.78, 5) is 15.1. The van der Waals surface area contributed by atoms with E-state index in [1.54, 1.807) is 0 Å². The summed E-state index contributed by atoms with van der Waals surface area (Å²) in [5.74, 6) is 0.307. The number of carbonyl (C=O) groups is 1. The van der Waals surface area contributed by atoms with Crippen molar-refractivity contribution < 1.29 is 9.53 Å². The second-order valence-corrected chi connectivity index (χ2v) is 6.07. The van der Waals surface area contributed by atoms with Crippen LogP contribution in [0.4, 0.5) is 0 Å². The second-order valence-electron chi connectivity index (χ2n) is 6.07. The zero-order valence-corrected chi connectivity index (χ0v) is 12.7. The Kier molecular flexibility index (Phi) is 4.27. The first kappa shape index (κ1) is 14.5. The molecule has 2 bridgehead atoms. The topological polar surface area (TPSA) is 41.6 Å². The summed E-state index contributed by atoms with van der Waals surface area (Å²) in [6, 6.07) is 10.3. The van der Waals surface area contributed by atoms with Crippen molar-refractivity contribution in [3.63, 3.8) is 0 Å². The van der Waals surface area contributed by atoms with E-state index in [9.17, 15) is 4.79 Å². The third kappa shape index (κ3) is 2.83. The lowest BCUT2D eigenvalue weighted by molar-refractivity contribution is -0.155. The molecule has 3 unspecified atom stereocenters. The van der Waals surface area contributed by atoms with Gasteiger partial charge in [-0.1, -0.05) is 30.3 Å². The minimum Gasteiger partial charge on any atom is -0.465 e. The molecule has 0 aliphatic carbocycles. The smallest absolute Gasteiger partial charge is 0.326 e. The van der Waals surface area contributed by atoms with E-state index in [0.29, 0.717) is 12.5 Å². The monoisotopic (exact) mass is 288 g/mol. The number of carbonyl (C=O) groups excluding carboxylic acids is 1. The number of nitrogens with one attached hydrogen (secondary N) is 1. The molecule has 21 heavy (non-hydrogen) atoms. The van der Waals surface area contributed by atoms with Crippen LogP contribution in [0.25, 0.3) is 0 Å². The van der Waals surface area contributed by atoms with Crippen molar-refractivity contribution in [2.24, 2.45) is 5.92 Å². The molecule has 2 saturated heterocycles. The third-order valence-electron chi connectivity index (χ3n) is 4.88. The van der Waals surface area contributed by atoms with Gasteiger partial charge in [-0.2, -0.15) is 0 Å². The molecular weight excluding hydrogens is 264 g/mol. The van der Waals surface area contributed by atoms with Crippen LogP contribution >= 0.6 is 0 Å². The number of ether oxygens (including phenoxy) is 1. The number of fused-ring (bicyclic) bond motifs is 2. The maximum absolute atomic E-state index is 12.6. The Morgan fingerprint density at radius 2 is 2.19 bits per heavy atom. The molecule has 2 fully saturated rings. The zero-order chi connectivity index (χ0) is 14.7. The van der Waals surface area contributed by atoms with Gasteiger partial charge in [-0.15, -0.1) is 0 Å². The van der Waals surface area contributed by atoms with Crippen molar-refractivity contribution in [2.45, 2.75) is 31.8 Å². The minimum absolute atomic E-state index is 0.0625. The molecule has 1 N–H and O–H groups in total. The fraction of sp³-hybridized carbons (Fsp3) is 0.588. The van der Waals surface area contributed by atoms with Crippen LogP contribution in [0.2, 0.25) is 0 Å². The first-order valence-corrected chi connectivity index (χ1v) is 7.93. The average Bonchev–Trinajstić information content (AvgIpc) is 2.92. The predicted molar refractivity (Wildman–Crippen MR) is 81.8 cm³/mol. The first-order valence-electron chi connectivity index (χ1n) is 7.93. The van der Waals surface area contributed by atoms with E-state index in [2.05, 4.69) is 22.3 Å². The first-order chi connectivity index (χ1) is 10.2. The molecule has 0 aromatic heterocycles. The Hall–Kier alpha value is -1.39. The van der Waals surface area contributed by atoms with Gasteiger partial charge in [0.2, 0.25) is 0 Å². The van der Waals surface area contributed by atoms with Gasteiger partial charge in [0.1, 0.15) is 5.54 Å². The number of benzene rings is 1. The summed E-state index contributed by atoms with van der Waals surface area (Å²) in [7, 11) is 0. The number of rotatable bonds is 5. The lowest BCUT2D eigenvalue weighted by Gasteiger charge is -2.41. The van der Waals surface area contributed by atoms with Gasteiger partial charge in [-0.05, 0) is 31.9 Å². The molecule has 0 saturated carbocycles. The van der Waals surface area contributed by atoms with E-state index in [0.717, 1.165) is 39.0 Å². The summed E-state index contributed by atoms with van der Waals surface area (Å²) in [5.41, 5.74) is 0.709. The van der Waals surface area contributed by atoms with Crippen molar-refractivity contribution in [1.82, 2.24) is 10.2 Å². The summed E-state index contributed by atoms with van der Waals surface area (Å²) in [6.07, 6.45) is 1.93. The Balaban J connectivity index is 1.77. The van der Waals surface area contributed by atoms with E-state index in [1.165, 1.54) is 5.56 Å². The second kappa shape index (κ2) is 6.16. The largest absolute Gasteiger partial charge is 0.465 e. The molecular formula is C17H24N2O2. The van der Waals surface area contributed by atoms with Gasteiger partial charge in [0, 0.05) is 25.6 Å². The lowest BCUT2D eigenvalue weighted by atomic mass is 9.78. The van der Waals surface area contributed by atoms with Crippen molar-refractivity contribution in [2.75, 3.05) is 26.2 Å². The lowest BCUT2D eigenvalue weighted by Crippen LogP contribution is -2.61. The van der Waals surface area contributed by atoms with Gasteiger partial charge < -0.3 is 9.64 Å². The normalized spacial score (nSPS) is 31.1.